The Morgan fingerprint density at radius 3 is 2.46 bits per heavy atom. The molecule has 1 aliphatic carbocycles. The van der Waals surface area contributed by atoms with Crippen molar-refractivity contribution in [1.29, 1.82) is 5.26 Å². The molecule has 0 aromatic heterocycles. The van der Waals surface area contributed by atoms with Crippen LogP contribution in [0.2, 0.25) is 0 Å². The second-order valence-corrected chi connectivity index (χ2v) is 9.59. The summed E-state index contributed by atoms with van der Waals surface area (Å²) in [6, 6.07) is 23.0. The van der Waals surface area contributed by atoms with E-state index in [0.29, 0.717) is 17.4 Å². The monoisotopic (exact) mass is 466 g/mol. The molecule has 4 nitrogen and oxygen atoms in total. The third-order valence-corrected chi connectivity index (χ3v) is 6.80. The molecule has 0 saturated heterocycles. The van der Waals surface area contributed by atoms with E-state index in [1.54, 1.807) is 11.0 Å². The summed E-state index contributed by atoms with van der Waals surface area (Å²) in [5, 5.41) is 9.29. The molecule has 1 fully saturated rings. The van der Waals surface area contributed by atoms with Gasteiger partial charge in [-0.25, -0.2) is 9.38 Å². The summed E-state index contributed by atoms with van der Waals surface area (Å²) in [6.07, 6.45) is 4.43. The lowest BCUT2D eigenvalue weighted by Gasteiger charge is -2.35. The number of hydrogen-bond acceptors (Lipinski definition) is 2. The van der Waals surface area contributed by atoms with Gasteiger partial charge in [0.25, 0.3) is 0 Å². The predicted molar refractivity (Wildman–Crippen MR) is 141 cm³/mol. The second-order valence-electron chi connectivity index (χ2n) is 9.59. The summed E-state index contributed by atoms with van der Waals surface area (Å²) in [5.74, 6) is 0.478. The van der Waals surface area contributed by atoms with Gasteiger partial charge in [0.05, 0.1) is 17.2 Å². The molecule has 178 valence electrons. The van der Waals surface area contributed by atoms with Gasteiger partial charge in [0.15, 0.2) is 5.96 Å². The first-order valence-corrected chi connectivity index (χ1v) is 11.8. The van der Waals surface area contributed by atoms with Gasteiger partial charge in [-0.05, 0) is 77.8 Å². The van der Waals surface area contributed by atoms with Crippen molar-refractivity contribution in [3.63, 3.8) is 0 Å². The molecule has 0 amide bonds. The highest BCUT2D eigenvalue weighted by Crippen LogP contribution is 2.44. The van der Waals surface area contributed by atoms with Crippen molar-refractivity contribution in [2.45, 2.75) is 37.1 Å². The molecule has 3 aromatic carbocycles. The number of guanidine groups is 1. The molecule has 1 aliphatic rings. The van der Waals surface area contributed by atoms with Gasteiger partial charge in [-0.15, -0.1) is 6.58 Å². The minimum Gasteiger partial charge on any atom is -0.370 e. The van der Waals surface area contributed by atoms with Gasteiger partial charge >= 0.3 is 0 Å². The minimum absolute atomic E-state index is 0.160. The molecule has 2 unspecified atom stereocenters. The summed E-state index contributed by atoms with van der Waals surface area (Å²) >= 11 is 0. The van der Waals surface area contributed by atoms with E-state index in [9.17, 15) is 9.65 Å². The van der Waals surface area contributed by atoms with E-state index in [0.717, 1.165) is 16.7 Å². The van der Waals surface area contributed by atoms with E-state index in [2.05, 4.69) is 37.8 Å². The van der Waals surface area contributed by atoms with Crippen LogP contribution in [0.15, 0.2) is 84.4 Å². The maximum Gasteiger partial charge on any atom is 0.191 e. The highest BCUT2D eigenvalue weighted by atomic mass is 19.1. The average molecular weight is 467 g/mol. The van der Waals surface area contributed by atoms with Crippen LogP contribution in [0, 0.1) is 17.1 Å². The first-order valence-electron chi connectivity index (χ1n) is 11.8. The van der Waals surface area contributed by atoms with E-state index in [-0.39, 0.29) is 11.5 Å². The molecule has 0 aliphatic heterocycles. The number of aliphatic imine (C=N–C) groups is 1. The lowest BCUT2D eigenvalue weighted by atomic mass is 9.75. The number of nitriles is 1. The van der Waals surface area contributed by atoms with Crippen LogP contribution < -0.4 is 5.73 Å². The van der Waals surface area contributed by atoms with E-state index in [1.165, 1.54) is 30.5 Å². The maximum atomic E-state index is 14.2. The Kier molecular flexibility index (Phi) is 6.75. The lowest BCUT2D eigenvalue weighted by molar-refractivity contribution is 0.434. The molecule has 0 radical (unpaired) electrons. The fourth-order valence-corrected chi connectivity index (χ4v) is 4.57. The zero-order valence-corrected chi connectivity index (χ0v) is 20.5. The molecule has 2 atom stereocenters. The third-order valence-electron chi connectivity index (χ3n) is 6.80. The largest absolute Gasteiger partial charge is 0.370 e. The number of halogens is 1. The maximum absolute atomic E-state index is 14.2. The lowest BCUT2D eigenvalue weighted by Crippen LogP contribution is -2.37. The van der Waals surface area contributed by atoms with Crippen LogP contribution in [0.4, 0.5) is 4.39 Å². The van der Waals surface area contributed by atoms with Crippen molar-refractivity contribution in [2.24, 2.45) is 10.7 Å². The molecule has 3 aromatic rings. The Hall–Kier alpha value is -3.91. The number of hydrogen-bond donors (Lipinski definition) is 1. The van der Waals surface area contributed by atoms with Crippen LogP contribution in [-0.4, -0.2) is 25.0 Å². The molecule has 4 rings (SSSR count). The van der Waals surface area contributed by atoms with E-state index < -0.39 is 11.4 Å². The van der Waals surface area contributed by atoms with Crippen molar-refractivity contribution in [2.75, 3.05) is 14.1 Å². The molecule has 0 spiro atoms. The molecule has 0 bridgehead atoms. The predicted octanol–water partition coefficient (Wildman–Crippen LogP) is 6.30. The van der Waals surface area contributed by atoms with Gasteiger partial charge in [-0.3, -0.25) is 0 Å². The van der Waals surface area contributed by atoms with Gasteiger partial charge in [0, 0.05) is 20.0 Å². The van der Waals surface area contributed by atoms with Crippen molar-refractivity contribution in [1.82, 2.24) is 4.90 Å². The zero-order chi connectivity index (χ0) is 25.2. The average Bonchev–Trinajstić information content (AvgIpc) is 3.70. The van der Waals surface area contributed by atoms with Crippen LogP contribution in [0.3, 0.4) is 0 Å². The van der Waals surface area contributed by atoms with Gasteiger partial charge in [0.1, 0.15) is 5.82 Å². The fourth-order valence-electron chi connectivity index (χ4n) is 4.57. The summed E-state index contributed by atoms with van der Waals surface area (Å²) < 4.78 is 14.2. The summed E-state index contributed by atoms with van der Waals surface area (Å²) in [4.78, 5) is 6.79. The second kappa shape index (κ2) is 9.76. The molecule has 1 saturated carbocycles. The number of rotatable bonds is 7. The van der Waals surface area contributed by atoms with Crippen LogP contribution in [0.5, 0.6) is 0 Å². The van der Waals surface area contributed by atoms with E-state index in [4.69, 9.17) is 10.7 Å². The van der Waals surface area contributed by atoms with Crippen LogP contribution >= 0.6 is 0 Å². The fraction of sp³-hybridized carbons (Fsp3) is 0.267. The number of benzene rings is 3. The van der Waals surface area contributed by atoms with Crippen LogP contribution in [0.1, 0.15) is 53.9 Å². The smallest absolute Gasteiger partial charge is 0.191 e. The van der Waals surface area contributed by atoms with E-state index in [1.807, 2.05) is 50.5 Å². The zero-order valence-electron chi connectivity index (χ0n) is 20.5. The van der Waals surface area contributed by atoms with Gasteiger partial charge in [-0.2, -0.15) is 5.26 Å². The SMILES string of the molecule is C=CC(c1ccc(C2CC2)cc1)C(C)(N=C(N)N(C)C)c1cccc(-c2cc(F)cc(C#N)c2)c1. The van der Waals surface area contributed by atoms with Crippen molar-refractivity contribution >= 4 is 5.96 Å². The Balaban J connectivity index is 1.84. The third kappa shape index (κ3) is 5.12. The normalized spacial score (nSPS) is 16.1. The number of nitrogens with zero attached hydrogens (tertiary/aromatic N) is 3. The summed E-state index contributed by atoms with van der Waals surface area (Å²) in [6.45, 7) is 6.21. The van der Waals surface area contributed by atoms with Gasteiger partial charge in [0.2, 0.25) is 0 Å². The van der Waals surface area contributed by atoms with Crippen LogP contribution in [0.25, 0.3) is 11.1 Å². The number of nitrogens with two attached hydrogens (primary N) is 1. The summed E-state index contributed by atoms with van der Waals surface area (Å²) in [5.41, 5.74) is 10.7. The molecule has 5 heteroatoms. The van der Waals surface area contributed by atoms with E-state index >= 15 is 0 Å². The van der Waals surface area contributed by atoms with Gasteiger partial charge in [-0.1, -0.05) is 48.5 Å². The minimum atomic E-state index is -0.779. The molecule has 0 heterocycles. The Labute approximate surface area is 207 Å². The molecule has 2 N–H and O–H groups in total. The Morgan fingerprint density at radius 1 is 1.14 bits per heavy atom. The van der Waals surface area contributed by atoms with Crippen molar-refractivity contribution in [3.8, 4) is 17.2 Å². The molecular formula is C30H31FN4. The first-order chi connectivity index (χ1) is 16.7. The highest BCUT2D eigenvalue weighted by Gasteiger charge is 2.36. The van der Waals surface area contributed by atoms with Crippen LogP contribution in [-0.2, 0) is 5.54 Å². The first kappa shape index (κ1) is 24.2. The standard InChI is InChI=1S/C30H31FN4/c1-5-28(23-13-11-22(12-14-23)21-9-10-21)30(2,34-29(33)35(3)4)26-8-6-7-24(17-26)25-15-20(19-32)16-27(31)18-25/h5-8,11-18,21,28H,1,9-10H2,2-4H3,(H2,33,34). The molecule has 35 heavy (non-hydrogen) atoms. The Bertz CT molecular complexity index is 1300. The quantitative estimate of drug-likeness (QED) is 0.252. The van der Waals surface area contributed by atoms with Crippen molar-refractivity contribution in [3.05, 3.63) is 107 Å². The topological polar surface area (TPSA) is 65.4 Å². The van der Waals surface area contributed by atoms with Crippen molar-refractivity contribution < 1.29 is 4.39 Å². The van der Waals surface area contributed by atoms with Gasteiger partial charge < -0.3 is 10.6 Å². The highest BCUT2D eigenvalue weighted by molar-refractivity contribution is 5.78. The Morgan fingerprint density at radius 2 is 1.86 bits per heavy atom. The molecular weight excluding hydrogens is 435 g/mol. The summed E-state index contributed by atoms with van der Waals surface area (Å²) in [7, 11) is 3.72.